The minimum Gasteiger partial charge on any atom is -0.381 e. The average Bonchev–Trinajstić information content (AvgIpc) is 2.96. The van der Waals surface area contributed by atoms with Crippen molar-refractivity contribution in [3.05, 3.63) is 0 Å². The number of rotatable bonds is 10. The van der Waals surface area contributed by atoms with Gasteiger partial charge in [-0.1, -0.05) is 25.7 Å². The summed E-state index contributed by atoms with van der Waals surface area (Å²) in [5.74, 6) is 1.53. The fraction of sp³-hybridized carbons (Fsp3) is 0.950. The summed E-state index contributed by atoms with van der Waals surface area (Å²) in [7, 11) is 1.81. The molecule has 27 heavy (non-hydrogen) atoms. The van der Waals surface area contributed by atoms with Gasteiger partial charge in [0.05, 0.1) is 12.7 Å². The first kappa shape index (κ1) is 24.9. The van der Waals surface area contributed by atoms with Crippen molar-refractivity contribution >= 4 is 29.9 Å². The summed E-state index contributed by atoms with van der Waals surface area (Å²) in [6.45, 7) is 5.87. The third-order valence-electron chi connectivity index (χ3n) is 5.23. The van der Waals surface area contributed by atoms with Crippen LogP contribution in [-0.4, -0.2) is 65.2 Å². The van der Waals surface area contributed by atoms with Gasteiger partial charge in [-0.3, -0.25) is 4.99 Å². The van der Waals surface area contributed by atoms with Crippen molar-refractivity contribution in [1.29, 1.82) is 0 Å². The lowest BCUT2D eigenvalue weighted by Crippen LogP contribution is -2.40. The van der Waals surface area contributed by atoms with E-state index in [-0.39, 0.29) is 24.0 Å². The molecule has 7 heteroatoms. The summed E-state index contributed by atoms with van der Waals surface area (Å²) < 4.78 is 17.2. The van der Waals surface area contributed by atoms with Gasteiger partial charge in [-0.25, -0.2) is 0 Å². The molecule has 6 nitrogen and oxygen atoms in total. The van der Waals surface area contributed by atoms with Crippen LogP contribution in [0.5, 0.6) is 0 Å². The third-order valence-corrected chi connectivity index (χ3v) is 5.23. The molecule has 2 fully saturated rings. The van der Waals surface area contributed by atoms with Crippen molar-refractivity contribution < 1.29 is 14.2 Å². The van der Waals surface area contributed by atoms with Crippen LogP contribution in [0.1, 0.15) is 57.8 Å². The standard InChI is InChI=1S/C20H39N3O3.HI/c1-21-20(23-12-16-26-19-7-4-2-3-5-8-19)22-11-6-13-25-17-18-9-14-24-15-10-18;/h18-19H,2-17H2,1H3,(H2,21,22,23);1H. The Balaban J connectivity index is 0.00000364. The van der Waals surface area contributed by atoms with Gasteiger partial charge in [-0.15, -0.1) is 24.0 Å². The van der Waals surface area contributed by atoms with Crippen LogP contribution in [0.15, 0.2) is 4.99 Å². The quantitative estimate of drug-likeness (QED) is 0.159. The molecule has 0 unspecified atom stereocenters. The molecule has 0 spiro atoms. The van der Waals surface area contributed by atoms with Crippen LogP contribution in [0, 0.1) is 5.92 Å². The largest absolute Gasteiger partial charge is 0.381 e. The lowest BCUT2D eigenvalue weighted by Gasteiger charge is -2.21. The Kier molecular flexibility index (Phi) is 15.5. The van der Waals surface area contributed by atoms with Crippen LogP contribution in [0.4, 0.5) is 0 Å². The van der Waals surface area contributed by atoms with Gasteiger partial charge in [-0.05, 0) is 38.0 Å². The molecule has 2 aliphatic rings. The highest BCUT2D eigenvalue weighted by Gasteiger charge is 2.13. The molecule has 1 aliphatic heterocycles. The molecule has 160 valence electrons. The number of hydrogen-bond acceptors (Lipinski definition) is 4. The maximum atomic E-state index is 6.00. The van der Waals surface area contributed by atoms with E-state index in [1.165, 1.54) is 38.5 Å². The van der Waals surface area contributed by atoms with Crippen LogP contribution in [0.2, 0.25) is 0 Å². The SMILES string of the molecule is CN=C(NCCCOCC1CCOCC1)NCCOC1CCCCCC1.I. The Hall–Kier alpha value is -0.120. The van der Waals surface area contributed by atoms with E-state index in [1.807, 2.05) is 7.05 Å². The number of halogens is 1. The summed E-state index contributed by atoms with van der Waals surface area (Å²) in [5.41, 5.74) is 0. The van der Waals surface area contributed by atoms with E-state index < -0.39 is 0 Å². The fourth-order valence-corrected chi connectivity index (χ4v) is 3.57. The number of hydrogen-bond donors (Lipinski definition) is 2. The second kappa shape index (κ2) is 16.8. The molecule has 0 aromatic carbocycles. The molecule has 2 rings (SSSR count). The zero-order valence-corrected chi connectivity index (χ0v) is 19.4. The number of nitrogens with zero attached hydrogens (tertiary/aromatic N) is 1. The minimum atomic E-state index is 0. The van der Waals surface area contributed by atoms with Crippen LogP contribution in [0.25, 0.3) is 0 Å². The lowest BCUT2D eigenvalue weighted by molar-refractivity contribution is 0.0203. The maximum absolute atomic E-state index is 6.00. The summed E-state index contributed by atoms with van der Waals surface area (Å²) >= 11 is 0. The average molecular weight is 497 g/mol. The molecule has 1 aliphatic carbocycles. The van der Waals surface area contributed by atoms with Crippen molar-refractivity contribution in [2.24, 2.45) is 10.9 Å². The highest BCUT2D eigenvalue weighted by atomic mass is 127. The summed E-state index contributed by atoms with van der Waals surface area (Å²) in [4.78, 5) is 4.26. The topological polar surface area (TPSA) is 64.1 Å². The van der Waals surface area contributed by atoms with Gasteiger partial charge in [-0.2, -0.15) is 0 Å². The minimum absolute atomic E-state index is 0. The second-order valence-corrected chi connectivity index (χ2v) is 7.39. The van der Waals surface area contributed by atoms with Gasteiger partial charge in [0.1, 0.15) is 0 Å². The van der Waals surface area contributed by atoms with Crippen molar-refractivity contribution in [2.75, 3.05) is 53.2 Å². The first-order chi connectivity index (χ1) is 12.9. The number of aliphatic imine (C=N–C) groups is 1. The zero-order valence-electron chi connectivity index (χ0n) is 17.0. The van der Waals surface area contributed by atoms with E-state index >= 15 is 0 Å². The Morgan fingerprint density at radius 1 is 0.963 bits per heavy atom. The van der Waals surface area contributed by atoms with Gasteiger partial charge in [0, 0.05) is 46.6 Å². The van der Waals surface area contributed by atoms with E-state index in [4.69, 9.17) is 14.2 Å². The second-order valence-electron chi connectivity index (χ2n) is 7.39. The molecule has 1 heterocycles. The fourth-order valence-electron chi connectivity index (χ4n) is 3.57. The highest BCUT2D eigenvalue weighted by Crippen LogP contribution is 2.19. The van der Waals surface area contributed by atoms with E-state index in [1.54, 1.807) is 0 Å². The van der Waals surface area contributed by atoms with Crippen LogP contribution in [-0.2, 0) is 14.2 Å². The van der Waals surface area contributed by atoms with Crippen LogP contribution < -0.4 is 10.6 Å². The smallest absolute Gasteiger partial charge is 0.191 e. The monoisotopic (exact) mass is 497 g/mol. The predicted molar refractivity (Wildman–Crippen MR) is 121 cm³/mol. The summed E-state index contributed by atoms with van der Waals surface area (Å²) in [6.07, 6.45) is 11.5. The van der Waals surface area contributed by atoms with Gasteiger partial charge < -0.3 is 24.8 Å². The van der Waals surface area contributed by atoms with Crippen molar-refractivity contribution in [3.8, 4) is 0 Å². The molecule has 0 bridgehead atoms. The molecular weight excluding hydrogens is 457 g/mol. The molecule has 0 amide bonds. The Labute approximate surface area is 182 Å². The zero-order chi connectivity index (χ0) is 18.3. The molecule has 1 saturated heterocycles. The number of nitrogens with one attached hydrogen (secondary N) is 2. The molecular formula is C20H40IN3O3. The lowest BCUT2D eigenvalue weighted by atomic mass is 10.0. The molecule has 0 radical (unpaired) electrons. The Morgan fingerprint density at radius 2 is 1.67 bits per heavy atom. The first-order valence-electron chi connectivity index (χ1n) is 10.6. The number of ether oxygens (including phenoxy) is 3. The normalized spacial score (nSPS) is 20.0. The predicted octanol–water partition coefficient (Wildman–Crippen LogP) is 3.34. The molecule has 1 saturated carbocycles. The van der Waals surface area contributed by atoms with Crippen LogP contribution >= 0.6 is 24.0 Å². The summed E-state index contributed by atoms with van der Waals surface area (Å²) in [6, 6.07) is 0. The van der Waals surface area contributed by atoms with E-state index in [9.17, 15) is 0 Å². The van der Waals surface area contributed by atoms with E-state index in [2.05, 4.69) is 15.6 Å². The van der Waals surface area contributed by atoms with Gasteiger partial charge >= 0.3 is 0 Å². The maximum Gasteiger partial charge on any atom is 0.191 e. The molecule has 0 aromatic heterocycles. The van der Waals surface area contributed by atoms with Gasteiger partial charge in [0.2, 0.25) is 0 Å². The number of guanidine groups is 1. The Bertz CT molecular complexity index is 371. The van der Waals surface area contributed by atoms with Gasteiger partial charge in [0.25, 0.3) is 0 Å². The van der Waals surface area contributed by atoms with Crippen molar-refractivity contribution in [1.82, 2.24) is 10.6 Å². The third kappa shape index (κ3) is 12.1. The van der Waals surface area contributed by atoms with Gasteiger partial charge in [0.15, 0.2) is 5.96 Å². The van der Waals surface area contributed by atoms with E-state index in [0.29, 0.717) is 12.0 Å². The molecule has 0 aromatic rings. The van der Waals surface area contributed by atoms with Crippen molar-refractivity contribution in [2.45, 2.75) is 63.9 Å². The van der Waals surface area contributed by atoms with Crippen molar-refractivity contribution in [3.63, 3.8) is 0 Å². The Morgan fingerprint density at radius 3 is 2.37 bits per heavy atom. The molecule has 0 atom stereocenters. The molecule has 2 N–H and O–H groups in total. The van der Waals surface area contributed by atoms with Crippen LogP contribution in [0.3, 0.4) is 0 Å². The van der Waals surface area contributed by atoms with E-state index in [0.717, 1.165) is 71.3 Å². The summed E-state index contributed by atoms with van der Waals surface area (Å²) in [5, 5.41) is 6.67. The first-order valence-corrected chi connectivity index (χ1v) is 10.6. The highest BCUT2D eigenvalue weighted by molar-refractivity contribution is 14.0.